The Morgan fingerprint density at radius 1 is 1.41 bits per heavy atom. The summed E-state index contributed by atoms with van der Waals surface area (Å²) >= 11 is 0. The van der Waals surface area contributed by atoms with E-state index in [2.05, 4.69) is 40.3 Å². The van der Waals surface area contributed by atoms with Crippen LogP contribution in [0.2, 0.25) is 0 Å². The summed E-state index contributed by atoms with van der Waals surface area (Å²) in [4.78, 5) is 2.38. The fraction of sp³-hybridized carbons (Fsp3) is 0.692. The van der Waals surface area contributed by atoms with Gasteiger partial charge < -0.3 is 10.2 Å². The van der Waals surface area contributed by atoms with Crippen molar-refractivity contribution in [3.63, 3.8) is 0 Å². The van der Waals surface area contributed by atoms with Crippen LogP contribution >= 0.6 is 0 Å². The molecule has 1 aliphatic heterocycles. The third-order valence-corrected chi connectivity index (χ3v) is 3.22. The zero-order valence-corrected chi connectivity index (χ0v) is 11.0. The molecule has 0 aliphatic carbocycles. The molecule has 1 saturated heterocycles. The minimum atomic E-state index is 0.543. The van der Waals surface area contributed by atoms with Crippen LogP contribution in [0.1, 0.15) is 32.4 Å². The quantitative estimate of drug-likeness (QED) is 0.861. The number of rotatable bonds is 4. The van der Waals surface area contributed by atoms with Crippen LogP contribution in [0.4, 0.5) is 5.82 Å². The number of aromatic nitrogens is 2. The number of nitrogens with zero attached hydrogens (tertiary/aromatic N) is 3. The molecule has 2 heterocycles. The molecule has 1 N–H and O–H groups in total. The lowest BCUT2D eigenvalue weighted by Gasteiger charge is -2.26. The summed E-state index contributed by atoms with van der Waals surface area (Å²) in [5.41, 5.74) is 0.977. The molecule has 1 unspecified atom stereocenters. The molecule has 0 amide bonds. The SMILES string of the molecule is Cc1ccc(N2CCCC2CNC(C)C)nn1. The molecular formula is C13H22N4. The van der Waals surface area contributed by atoms with Crippen LogP contribution in [0, 0.1) is 6.92 Å². The van der Waals surface area contributed by atoms with Gasteiger partial charge in [-0.3, -0.25) is 0 Å². The maximum Gasteiger partial charge on any atom is 0.151 e. The van der Waals surface area contributed by atoms with E-state index in [9.17, 15) is 0 Å². The average Bonchev–Trinajstić information content (AvgIpc) is 2.75. The third-order valence-electron chi connectivity index (χ3n) is 3.22. The van der Waals surface area contributed by atoms with Crippen LogP contribution in [0.5, 0.6) is 0 Å². The van der Waals surface area contributed by atoms with Crippen molar-refractivity contribution < 1.29 is 0 Å². The van der Waals surface area contributed by atoms with E-state index in [0.29, 0.717) is 12.1 Å². The molecular weight excluding hydrogens is 212 g/mol. The van der Waals surface area contributed by atoms with Crippen molar-refractivity contribution in [1.82, 2.24) is 15.5 Å². The molecule has 2 rings (SSSR count). The summed E-state index contributed by atoms with van der Waals surface area (Å²) in [7, 11) is 0. The van der Waals surface area contributed by atoms with Gasteiger partial charge in [0, 0.05) is 25.2 Å². The molecule has 4 nitrogen and oxygen atoms in total. The van der Waals surface area contributed by atoms with Crippen molar-refractivity contribution in [1.29, 1.82) is 0 Å². The topological polar surface area (TPSA) is 41.0 Å². The zero-order valence-electron chi connectivity index (χ0n) is 11.0. The Bertz CT molecular complexity index is 347. The van der Waals surface area contributed by atoms with Gasteiger partial charge in [-0.25, -0.2) is 0 Å². The van der Waals surface area contributed by atoms with Crippen molar-refractivity contribution in [3.05, 3.63) is 17.8 Å². The second kappa shape index (κ2) is 5.45. The standard InChI is InChI=1S/C13H22N4/c1-10(2)14-9-12-5-4-8-17(12)13-7-6-11(3)15-16-13/h6-7,10,12,14H,4-5,8-9H2,1-3H3. The van der Waals surface area contributed by atoms with Gasteiger partial charge in [-0.1, -0.05) is 13.8 Å². The van der Waals surface area contributed by atoms with Gasteiger partial charge in [0.25, 0.3) is 0 Å². The second-order valence-corrected chi connectivity index (χ2v) is 5.09. The normalized spacial score (nSPS) is 20.2. The number of aryl methyl sites for hydroxylation is 1. The Balaban J connectivity index is 2.01. The molecule has 17 heavy (non-hydrogen) atoms. The molecule has 4 heteroatoms. The van der Waals surface area contributed by atoms with Gasteiger partial charge in [-0.15, -0.1) is 5.10 Å². The Morgan fingerprint density at radius 3 is 2.88 bits per heavy atom. The van der Waals surface area contributed by atoms with Crippen molar-refractivity contribution in [2.75, 3.05) is 18.0 Å². The van der Waals surface area contributed by atoms with Crippen LogP contribution in [-0.2, 0) is 0 Å². The molecule has 94 valence electrons. The summed E-state index contributed by atoms with van der Waals surface area (Å²) < 4.78 is 0. The van der Waals surface area contributed by atoms with E-state index in [0.717, 1.165) is 24.6 Å². The van der Waals surface area contributed by atoms with Crippen molar-refractivity contribution in [3.8, 4) is 0 Å². The van der Waals surface area contributed by atoms with Crippen LogP contribution in [-0.4, -0.2) is 35.4 Å². The predicted molar refractivity (Wildman–Crippen MR) is 70.3 cm³/mol. The first kappa shape index (κ1) is 12.3. The van der Waals surface area contributed by atoms with E-state index < -0.39 is 0 Å². The number of anilines is 1. The molecule has 1 fully saturated rings. The van der Waals surface area contributed by atoms with Gasteiger partial charge in [0.05, 0.1) is 5.69 Å². The van der Waals surface area contributed by atoms with Gasteiger partial charge in [-0.2, -0.15) is 5.10 Å². The lowest BCUT2D eigenvalue weighted by molar-refractivity contribution is 0.521. The molecule has 1 atom stereocenters. The molecule has 1 aromatic heterocycles. The lowest BCUT2D eigenvalue weighted by Crippen LogP contribution is -2.40. The number of hydrogen-bond acceptors (Lipinski definition) is 4. The predicted octanol–water partition coefficient (Wildman–Crippen LogP) is 1.75. The molecule has 0 aromatic carbocycles. The minimum absolute atomic E-state index is 0.543. The highest BCUT2D eigenvalue weighted by Gasteiger charge is 2.25. The highest BCUT2D eigenvalue weighted by atomic mass is 15.3. The van der Waals surface area contributed by atoms with Crippen molar-refractivity contribution in [2.45, 2.75) is 45.7 Å². The first-order valence-corrected chi connectivity index (χ1v) is 6.47. The Labute approximate surface area is 103 Å². The minimum Gasteiger partial charge on any atom is -0.351 e. The first-order chi connectivity index (χ1) is 8.16. The van der Waals surface area contributed by atoms with Gasteiger partial charge in [-0.05, 0) is 31.9 Å². The fourth-order valence-corrected chi connectivity index (χ4v) is 2.27. The summed E-state index contributed by atoms with van der Waals surface area (Å²) in [6, 6.07) is 5.22. The number of hydrogen-bond donors (Lipinski definition) is 1. The maximum atomic E-state index is 4.29. The highest BCUT2D eigenvalue weighted by Crippen LogP contribution is 2.22. The summed E-state index contributed by atoms with van der Waals surface area (Å²) in [5, 5.41) is 11.9. The third kappa shape index (κ3) is 3.16. The van der Waals surface area contributed by atoms with E-state index in [4.69, 9.17) is 0 Å². The van der Waals surface area contributed by atoms with E-state index in [1.54, 1.807) is 0 Å². The van der Waals surface area contributed by atoms with Gasteiger partial charge >= 0.3 is 0 Å². The highest BCUT2D eigenvalue weighted by molar-refractivity contribution is 5.40. The summed E-state index contributed by atoms with van der Waals surface area (Å²) in [6.45, 7) is 8.48. The monoisotopic (exact) mass is 234 g/mol. The van der Waals surface area contributed by atoms with Gasteiger partial charge in [0.15, 0.2) is 5.82 Å². The zero-order chi connectivity index (χ0) is 12.3. The summed E-state index contributed by atoms with van der Waals surface area (Å²) in [6.07, 6.45) is 2.50. The maximum absolute atomic E-state index is 4.29. The largest absolute Gasteiger partial charge is 0.351 e. The first-order valence-electron chi connectivity index (χ1n) is 6.47. The Hall–Kier alpha value is -1.16. The molecule has 0 bridgehead atoms. The van der Waals surface area contributed by atoms with Crippen LogP contribution < -0.4 is 10.2 Å². The Morgan fingerprint density at radius 2 is 2.24 bits per heavy atom. The second-order valence-electron chi connectivity index (χ2n) is 5.09. The van der Waals surface area contributed by atoms with Crippen molar-refractivity contribution >= 4 is 5.82 Å². The molecule has 0 saturated carbocycles. The van der Waals surface area contributed by atoms with Crippen LogP contribution in [0.3, 0.4) is 0 Å². The fourth-order valence-electron chi connectivity index (χ4n) is 2.27. The van der Waals surface area contributed by atoms with E-state index in [1.165, 1.54) is 12.8 Å². The van der Waals surface area contributed by atoms with Crippen molar-refractivity contribution in [2.24, 2.45) is 0 Å². The molecule has 0 spiro atoms. The van der Waals surface area contributed by atoms with E-state index >= 15 is 0 Å². The average molecular weight is 234 g/mol. The molecule has 0 radical (unpaired) electrons. The van der Waals surface area contributed by atoms with Crippen LogP contribution in [0.25, 0.3) is 0 Å². The van der Waals surface area contributed by atoms with E-state index in [1.807, 2.05) is 13.0 Å². The molecule has 1 aliphatic rings. The Kier molecular flexibility index (Phi) is 3.94. The molecule has 1 aromatic rings. The number of nitrogens with one attached hydrogen (secondary N) is 1. The summed E-state index contributed by atoms with van der Waals surface area (Å²) in [5.74, 6) is 1.02. The lowest BCUT2D eigenvalue weighted by atomic mass is 10.2. The van der Waals surface area contributed by atoms with E-state index in [-0.39, 0.29) is 0 Å². The smallest absolute Gasteiger partial charge is 0.151 e. The van der Waals surface area contributed by atoms with Gasteiger partial charge in [0.1, 0.15) is 0 Å². The van der Waals surface area contributed by atoms with Crippen LogP contribution in [0.15, 0.2) is 12.1 Å². The van der Waals surface area contributed by atoms with Gasteiger partial charge in [0.2, 0.25) is 0 Å².